The molecule has 4 nitrogen and oxygen atoms in total. The van der Waals surface area contributed by atoms with E-state index >= 15 is 0 Å². The average molecular weight is 355 g/mol. The Morgan fingerprint density at radius 2 is 2.00 bits per heavy atom. The van der Waals surface area contributed by atoms with Crippen LogP contribution in [0.15, 0.2) is 24.5 Å². The molecular formula is C13H14IN3O. The Hall–Kier alpha value is -1.11. The van der Waals surface area contributed by atoms with Crippen molar-refractivity contribution in [1.82, 2.24) is 14.3 Å². The van der Waals surface area contributed by atoms with Crippen LogP contribution in [0.5, 0.6) is 0 Å². The van der Waals surface area contributed by atoms with Crippen molar-refractivity contribution < 1.29 is 4.79 Å². The van der Waals surface area contributed by atoms with Crippen molar-refractivity contribution in [2.45, 2.75) is 19.3 Å². The molecule has 0 spiro atoms. The number of hydrogen-bond acceptors (Lipinski definition) is 2. The summed E-state index contributed by atoms with van der Waals surface area (Å²) in [5, 5.41) is 0. The summed E-state index contributed by atoms with van der Waals surface area (Å²) in [6.07, 6.45) is 7.09. The van der Waals surface area contributed by atoms with Crippen molar-refractivity contribution in [1.29, 1.82) is 0 Å². The minimum absolute atomic E-state index is 0.101. The number of rotatable bonds is 1. The number of pyridine rings is 1. The third-order valence-electron chi connectivity index (χ3n) is 3.33. The van der Waals surface area contributed by atoms with E-state index in [0.717, 1.165) is 35.1 Å². The van der Waals surface area contributed by atoms with E-state index in [-0.39, 0.29) is 5.91 Å². The van der Waals surface area contributed by atoms with Crippen molar-refractivity contribution in [3.8, 4) is 0 Å². The number of nitrogens with zero attached hydrogens (tertiary/aromatic N) is 3. The number of carbonyl (C=O) groups is 1. The fourth-order valence-electron chi connectivity index (χ4n) is 2.37. The highest BCUT2D eigenvalue weighted by Crippen LogP contribution is 2.16. The summed E-state index contributed by atoms with van der Waals surface area (Å²) in [6, 6.07) is 3.94. The minimum Gasteiger partial charge on any atom is -0.337 e. The Kier molecular flexibility index (Phi) is 3.23. The molecule has 0 aliphatic carbocycles. The molecule has 5 heteroatoms. The first-order valence-corrected chi connectivity index (χ1v) is 7.25. The first kappa shape index (κ1) is 12.0. The molecule has 0 N–H and O–H groups in total. The Bertz CT molecular complexity index is 587. The maximum absolute atomic E-state index is 12.4. The van der Waals surface area contributed by atoms with Crippen molar-refractivity contribution in [3.05, 3.63) is 33.8 Å². The van der Waals surface area contributed by atoms with Crippen LogP contribution in [-0.2, 0) is 0 Å². The van der Waals surface area contributed by atoms with E-state index in [0.29, 0.717) is 5.69 Å². The molecule has 1 fully saturated rings. The fraction of sp³-hybridized carbons (Fsp3) is 0.385. The molecule has 2 aromatic heterocycles. The van der Waals surface area contributed by atoms with Crippen LogP contribution in [0, 0.1) is 3.57 Å². The van der Waals surface area contributed by atoms with Crippen molar-refractivity contribution in [2.75, 3.05) is 13.1 Å². The number of carbonyl (C=O) groups excluding carboxylic acids is 1. The van der Waals surface area contributed by atoms with Gasteiger partial charge in [0, 0.05) is 22.9 Å². The van der Waals surface area contributed by atoms with E-state index in [4.69, 9.17) is 0 Å². The molecule has 1 aliphatic rings. The van der Waals surface area contributed by atoms with Crippen LogP contribution in [0.25, 0.3) is 5.65 Å². The Morgan fingerprint density at radius 3 is 2.78 bits per heavy atom. The summed E-state index contributed by atoms with van der Waals surface area (Å²) in [7, 11) is 0. The third-order valence-corrected chi connectivity index (χ3v) is 3.97. The summed E-state index contributed by atoms with van der Waals surface area (Å²) in [6.45, 7) is 1.74. The second kappa shape index (κ2) is 4.87. The second-order valence-electron chi connectivity index (χ2n) is 4.57. The van der Waals surface area contributed by atoms with E-state index < -0.39 is 0 Å². The van der Waals surface area contributed by atoms with Gasteiger partial charge in [0.2, 0.25) is 0 Å². The maximum Gasteiger partial charge on any atom is 0.272 e. The third kappa shape index (κ3) is 2.11. The van der Waals surface area contributed by atoms with Gasteiger partial charge in [-0.05, 0) is 54.0 Å². The van der Waals surface area contributed by atoms with Crippen LogP contribution >= 0.6 is 22.6 Å². The minimum atomic E-state index is 0.101. The van der Waals surface area contributed by atoms with E-state index in [1.165, 1.54) is 6.42 Å². The van der Waals surface area contributed by atoms with Gasteiger partial charge in [-0.3, -0.25) is 9.20 Å². The van der Waals surface area contributed by atoms with E-state index in [2.05, 4.69) is 27.6 Å². The maximum atomic E-state index is 12.4. The molecule has 0 atom stereocenters. The molecule has 3 heterocycles. The van der Waals surface area contributed by atoms with Gasteiger partial charge >= 0.3 is 0 Å². The Morgan fingerprint density at radius 1 is 1.22 bits per heavy atom. The smallest absolute Gasteiger partial charge is 0.272 e. The van der Waals surface area contributed by atoms with Crippen molar-refractivity contribution >= 4 is 34.1 Å². The first-order valence-electron chi connectivity index (χ1n) is 6.17. The molecule has 0 radical (unpaired) electrons. The molecule has 0 saturated carbocycles. The molecule has 0 aromatic carbocycles. The molecule has 3 rings (SSSR count). The summed E-state index contributed by atoms with van der Waals surface area (Å²) in [4.78, 5) is 18.7. The van der Waals surface area contributed by atoms with E-state index in [1.807, 2.05) is 27.6 Å². The average Bonchev–Trinajstić information content (AvgIpc) is 2.82. The topological polar surface area (TPSA) is 37.6 Å². The zero-order chi connectivity index (χ0) is 12.5. The molecule has 94 valence electrons. The van der Waals surface area contributed by atoms with Gasteiger partial charge in [0.25, 0.3) is 5.91 Å². The number of imidazole rings is 1. The Labute approximate surface area is 119 Å². The van der Waals surface area contributed by atoms with E-state index in [9.17, 15) is 4.79 Å². The van der Waals surface area contributed by atoms with Gasteiger partial charge in [-0.2, -0.15) is 0 Å². The molecule has 0 bridgehead atoms. The zero-order valence-corrected chi connectivity index (χ0v) is 12.1. The van der Waals surface area contributed by atoms with Crippen molar-refractivity contribution in [2.24, 2.45) is 0 Å². The lowest BCUT2D eigenvalue weighted by Gasteiger charge is -2.26. The number of halogens is 1. The number of fused-ring (bicyclic) bond motifs is 1. The lowest BCUT2D eigenvalue weighted by atomic mass is 10.1. The van der Waals surface area contributed by atoms with Crippen LogP contribution < -0.4 is 0 Å². The zero-order valence-electron chi connectivity index (χ0n) is 9.97. The van der Waals surface area contributed by atoms with Gasteiger partial charge in [0.15, 0.2) is 0 Å². The molecule has 0 unspecified atom stereocenters. The number of aromatic nitrogens is 2. The predicted molar refractivity (Wildman–Crippen MR) is 77.7 cm³/mol. The van der Waals surface area contributed by atoms with Crippen LogP contribution in [0.3, 0.4) is 0 Å². The largest absolute Gasteiger partial charge is 0.337 e. The SMILES string of the molecule is O=C(c1cnc2ccc(I)cn12)N1CCCCC1. The second-order valence-corrected chi connectivity index (χ2v) is 5.82. The fourth-order valence-corrected chi connectivity index (χ4v) is 2.83. The lowest BCUT2D eigenvalue weighted by molar-refractivity contribution is 0.0717. The lowest BCUT2D eigenvalue weighted by Crippen LogP contribution is -2.36. The summed E-state index contributed by atoms with van der Waals surface area (Å²) < 4.78 is 2.99. The molecule has 1 saturated heterocycles. The quantitative estimate of drug-likeness (QED) is 0.738. The molecular weight excluding hydrogens is 341 g/mol. The summed E-state index contributed by atoms with van der Waals surface area (Å²) >= 11 is 2.25. The highest BCUT2D eigenvalue weighted by Gasteiger charge is 2.21. The van der Waals surface area contributed by atoms with E-state index in [1.54, 1.807) is 6.20 Å². The highest BCUT2D eigenvalue weighted by molar-refractivity contribution is 14.1. The molecule has 2 aromatic rings. The standard InChI is InChI=1S/C13H14IN3O/c14-10-4-5-12-15-8-11(17(12)9-10)13(18)16-6-2-1-3-7-16/h4-5,8-9H,1-3,6-7H2. The van der Waals surface area contributed by atoms with Gasteiger partial charge in [0.1, 0.15) is 11.3 Å². The number of piperidine rings is 1. The van der Waals surface area contributed by atoms with Gasteiger partial charge in [-0.15, -0.1) is 0 Å². The highest BCUT2D eigenvalue weighted by atomic mass is 127. The van der Waals surface area contributed by atoms with Crippen LogP contribution in [0.4, 0.5) is 0 Å². The molecule has 1 amide bonds. The monoisotopic (exact) mass is 355 g/mol. The predicted octanol–water partition coefficient (Wildman–Crippen LogP) is 2.57. The number of amides is 1. The van der Waals surface area contributed by atoms with Crippen LogP contribution in [-0.4, -0.2) is 33.3 Å². The van der Waals surface area contributed by atoms with Gasteiger partial charge < -0.3 is 4.90 Å². The van der Waals surface area contributed by atoms with Gasteiger partial charge in [0.05, 0.1) is 6.20 Å². The number of hydrogen-bond donors (Lipinski definition) is 0. The van der Waals surface area contributed by atoms with Gasteiger partial charge in [-0.25, -0.2) is 4.98 Å². The summed E-state index contributed by atoms with van der Waals surface area (Å²) in [5.41, 5.74) is 1.50. The normalized spacial score (nSPS) is 16.2. The van der Waals surface area contributed by atoms with Gasteiger partial charge in [-0.1, -0.05) is 0 Å². The summed E-state index contributed by atoms with van der Waals surface area (Å²) in [5.74, 6) is 0.101. The number of likely N-dealkylation sites (tertiary alicyclic amines) is 1. The molecule has 1 aliphatic heterocycles. The van der Waals surface area contributed by atoms with Crippen LogP contribution in [0.1, 0.15) is 29.8 Å². The first-order chi connectivity index (χ1) is 8.75. The van der Waals surface area contributed by atoms with Crippen LogP contribution in [0.2, 0.25) is 0 Å². The molecule has 18 heavy (non-hydrogen) atoms. The van der Waals surface area contributed by atoms with Crippen molar-refractivity contribution in [3.63, 3.8) is 0 Å². The Balaban J connectivity index is 1.98.